The van der Waals surface area contributed by atoms with Gasteiger partial charge in [-0.2, -0.15) is 0 Å². The Hall–Kier alpha value is -0.600. The van der Waals surface area contributed by atoms with Gasteiger partial charge in [0.2, 0.25) is 0 Å². The molecule has 2 heteroatoms. The van der Waals surface area contributed by atoms with Crippen LogP contribution in [0.3, 0.4) is 0 Å². The Morgan fingerprint density at radius 1 is 0.708 bits per heavy atom. The van der Waals surface area contributed by atoms with Gasteiger partial charge in [0.1, 0.15) is 0 Å². The quantitative estimate of drug-likeness (QED) is 0.466. The van der Waals surface area contributed by atoms with E-state index in [1.165, 1.54) is 47.5 Å². The highest BCUT2D eigenvalue weighted by atomic mass is 79.9. The molecule has 4 saturated carbocycles. The minimum atomic E-state index is 0.399. The number of hydrogen-bond donors (Lipinski definition) is 0. The third-order valence-electron chi connectivity index (χ3n) is 6.94. The summed E-state index contributed by atoms with van der Waals surface area (Å²) < 4.78 is 2.46. The van der Waals surface area contributed by atoms with E-state index in [9.17, 15) is 0 Å². The van der Waals surface area contributed by atoms with Gasteiger partial charge in [-0.05, 0) is 96.6 Å². The first kappa shape index (κ1) is 15.6. The molecule has 0 N–H and O–H groups in total. The van der Waals surface area contributed by atoms with Gasteiger partial charge in [0, 0.05) is 8.95 Å². The van der Waals surface area contributed by atoms with Gasteiger partial charge in [-0.1, -0.05) is 56.1 Å². The molecular formula is C22H22Br2. The molecule has 0 saturated heterocycles. The van der Waals surface area contributed by atoms with Gasteiger partial charge in [0.15, 0.2) is 0 Å². The number of benzene rings is 2. The highest BCUT2D eigenvalue weighted by Crippen LogP contribution is 2.66. The van der Waals surface area contributed by atoms with E-state index in [4.69, 9.17) is 0 Å². The lowest BCUT2D eigenvalue weighted by atomic mass is 9.42. The third kappa shape index (κ3) is 2.36. The van der Waals surface area contributed by atoms with Crippen molar-refractivity contribution < 1.29 is 0 Å². The maximum absolute atomic E-state index is 3.70. The summed E-state index contributed by atoms with van der Waals surface area (Å²) in [6.45, 7) is 0. The lowest BCUT2D eigenvalue weighted by Gasteiger charge is -2.63. The van der Waals surface area contributed by atoms with Crippen molar-refractivity contribution in [2.75, 3.05) is 0 Å². The molecule has 4 bridgehead atoms. The Morgan fingerprint density at radius 3 is 1.58 bits per heavy atom. The van der Waals surface area contributed by atoms with Crippen molar-refractivity contribution in [2.45, 2.75) is 49.4 Å². The maximum Gasteiger partial charge on any atom is 0.0178 e. The lowest BCUT2D eigenvalue weighted by molar-refractivity contribution is -0.0281. The molecule has 0 spiro atoms. The fourth-order valence-corrected chi connectivity index (χ4v) is 7.37. The Balaban J connectivity index is 1.63. The fourth-order valence-electron chi connectivity index (χ4n) is 6.57. The normalized spacial score (nSPS) is 36.9. The van der Waals surface area contributed by atoms with E-state index in [-0.39, 0.29) is 0 Å². The van der Waals surface area contributed by atoms with Crippen LogP contribution in [-0.4, -0.2) is 0 Å². The Bertz CT molecular complexity index is 717. The largest absolute Gasteiger partial charge is 0.0609 e. The molecule has 2 aromatic carbocycles. The van der Waals surface area contributed by atoms with Crippen LogP contribution in [0.5, 0.6) is 0 Å². The molecule has 4 aliphatic carbocycles. The predicted octanol–water partition coefficient (Wildman–Crippen LogP) is 7.00. The van der Waals surface area contributed by atoms with Crippen LogP contribution in [0.15, 0.2) is 57.5 Å². The highest BCUT2D eigenvalue weighted by Gasteiger charge is 2.58. The fraction of sp³-hybridized carbons (Fsp3) is 0.455. The van der Waals surface area contributed by atoms with E-state index in [1.54, 1.807) is 11.1 Å². The lowest BCUT2D eigenvalue weighted by Crippen LogP contribution is -2.55. The van der Waals surface area contributed by atoms with E-state index in [0.717, 1.165) is 11.8 Å². The molecular weight excluding hydrogens is 424 g/mol. The molecule has 124 valence electrons. The first-order valence-electron chi connectivity index (χ1n) is 9.09. The van der Waals surface area contributed by atoms with Crippen molar-refractivity contribution in [1.82, 2.24) is 0 Å². The average Bonchev–Trinajstić information content (AvgIpc) is 2.54. The van der Waals surface area contributed by atoms with Crippen LogP contribution < -0.4 is 0 Å². The van der Waals surface area contributed by atoms with Crippen molar-refractivity contribution in [3.63, 3.8) is 0 Å². The smallest absolute Gasteiger partial charge is 0.0178 e. The van der Waals surface area contributed by atoms with Crippen molar-refractivity contribution in [3.05, 3.63) is 68.6 Å². The zero-order chi connectivity index (χ0) is 16.4. The molecule has 6 rings (SSSR count). The van der Waals surface area contributed by atoms with E-state index >= 15 is 0 Å². The van der Waals surface area contributed by atoms with Crippen molar-refractivity contribution in [3.8, 4) is 0 Å². The molecule has 2 aromatic rings. The minimum absolute atomic E-state index is 0.399. The number of halogens is 2. The summed E-state index contributed by atoms with van der Waals surface area (Å²) >= 11 is 7.41. The minimum Gasteiger partial charge on any atom is -0.0609 e. The second kappa shape index (κ2) is 5.45. The molecule has 24 heavy (non-hydrogen) atoms. The topological polar surface area (TPSA) is 0 Å². The maximum atomic E-state index is 3.70. The van der Waals surface area contributed by atoms with E-state index < -0.39 is 0 Å². The van der Waals surface area contributed by atoms with Crippen LogP contribution in [0, 0.1) is 11.8 Å². The van der Waals surface area contributed by atoms with Crippen LogP contribution in [-0.2, 0) is 10.8 Å². The molecule has 0 nitrogen and oxygen atoms in total. The molecule has 0 heterocycles. The average molecular weight is 446 g/mol. The van der Waals surface area contributed by atoms with Gasteiger partial charge in [-0.15, -0.1) is 0 Å². The van der Waals surface area contributed by atoms with Gasteiger partial charge in [-0.25, -0.2) is 0 Å². The zero-order valence-corrected chi connectivity index (χ0v) is 16.9. The summed E-state index contributed by atoms with van der Waals surface area (Å²) in [6, 6.07) is 18.3. The number of hydrogen-bond acceptors (Lipinski definition) is 0. The van der Waals surface area contributed by atoms with E-state index in [1.807, 2.05) is 0 Å². The summed E-state index contributed by atoms with van der Waals surface area (Å²) in [5, 5.41) is 0. The molecule has 0 atom stereocenters. The molecule has 0 aromatic heterocycles. The summed E-state index contributed by atoms with van der Waals surface area (Å²) in [4.78, 5) is 0. The second-order valence-electron chi connectivity index (χ2n) is 8.54. The molecule has 4 fully saturated rings. The van der Waals surface area contributed by atoms with Crippen LogP contribution in [0.25, 0.3) is 0 Å². The van der Waals surface area contributed by atoms with Crippen molar-refractivity contribution >= 4 is 31.9 Å². The Labute approximate surface area is 161 Å². The van der Waals surface area contributed by atoms with Gasteiger partial charge in [0.05, 0.1) is 0 Å². The molecule has 0 radical (unpaired) electrons. The standard InChI is InChI=1S/C22H22Br2/c23-19-5-1-3-17(8-19)21-10-15-7-16(11-21)13-22(12-15,14-21)18-4-2-6-20(24)9-18/h1-6,8-9,15-16H,7,10-14H2. The number of rotatable bonds is 2. The summed E-state index contributed by atoms with van der Waals surface area (Å²) in [5.41, 5.74) is 3.95. The van der Waals surface area contributed by atoms with Gasteiger partial charge in [-0.3, -0.25) is 0 Å². The zero-order valence-electron chi connectivity index (χ0n) is 13.8. The predicted molar refractivity (Wildman–Crippen MR) is 106 cm³/mol. The summed E-state index contributed by atoms with van der Waals surface area (Å²) in [6.07, 6.45) is 8.39. The third-order valence-corrected chi connectivity index (χ3v) is 7.92. The van der Waals surface area contributed by atoms with Crippen LogP contribution >= 0.6 is 31.9 Å². The molecule has 0 aliphatic heterocycles. The van der Waals surface area contributed by atoms with Crippen LogP contribution in [0.2, 0.25) is 0 Å². The SMILES string of the molecule is Brc1cccc(C23CC4CC(C2)CC(c2cccc(Br)c2)(C4)C3)c1. The van der Waals surface area contributed by atoms with Gasteiger partial charge < -0.3 is 0 Å². The molecule has 0 amide bonds. The Kier molecular flexibility index (Phi) is 3.55. The first-order chi connectivity index (χ1) is 11.6. The van der Waals surface area contributed by atoms with E-state index in [2.05, 4.69) is 80.4 Å². The second-order valence-corrected chi connectivity index (χ2v) is 10.4. The molecule has 0 unspecified atom stereocenters. The highest BCUT2D eigenvalue weighted by molar-refractivity contribution is 9.10. The van der Waals surface area contributed by atoms with Crippen LogP contribution in [0.1, 0.15) is 49.7 Å². The first-order valence-corrected chi connectivity index (χ1v) is 10.7. The Morgan fingerprint density at radius 2 is 1.17 bits per heavy atom. The van der Waals surface area contributed by atoms with Crippen molar-refractivity contribution in [1.29, 1.82) is 0 Å². The molecule has 4 aliphatic rings. The van der Waals surface area contributed by atoms with Gasteiger partial charge >= 0.3 is 0 Å². The van der Waals surface area contributed by atoms with Crippen LogP contribution in [0.4, 0.5) is 0 Å². The monoisotopic (exact) mass is 444 g/mol. The van der Waals surface area contributed by atoms with Crippen molar-refractivity contribution in [2.24, 2.45) is 11.8 Å². The summed E-state index contributed by atoms with van der Waals surface area (Å²) in [5.74, 6) is 1.81. The summed E-state index contributed by atoms with van der Waals surface area (Å²) in [7, 11) is 0. The van der Waals surface area contributed by atoms with Gasteiger partial charge in [0.25, 0.3) is 0 Å². The van der Waals surface area contributed by atoms with E-state index in [0.29, 0.717) is 10.8 Å².